The van der Waals surface area contributed by atoms with Crippen LogP contribution in [0.1, 0.15) is 23.2 Å². The minimum atomic E-state index is -3.75. The number of carbonyl (C=O) groups is 1. The molecule has 9 heteroatoms. The molecule has 2 rings (SSSR count). The van der Waals surface area contributed by atoms with Gasteiger partial charge in [-0.1, -0.05) is 0 Å². The highest BCUT2D eigenvalue weighted by atomic mass is 32.2. The van der Waals surface area contributed by atoms with E-state index in [1.165, 1.54) is 24.7 Å². The Labute approximate surface area is 115 Å². The first-order valence-electron chi connectivity index (χ1n) is 5.76. The zero-order valence-corrected chi connectivity index (χ0v) is 11.4. The van der Waals surface area contributed by atoms with Gasteiger partial charge in [0.15, 0.2) is 5.03 Å². The first-order valence-corrected chi connectivity index (χ1v) is 7.24. The molecule has 2 heterocycles. The van der Waals surface area contributed by atoms with Crippen LogP contribution in [0.2, 0.25) is 0 Å². The molecule has 0 aliphatic heterocycles. The number of aromatic carboxylic acids is 1. The summed E-state index contributed by atoms with van der Waals surface area (Å²) in [6.45, 7) is 2.33. The van der Waals surface area contributed by atoms with Crippen molar-refractivity contribution in [2.75, 3.05) is 0 Å². The number of furan rings is 1. The molecule has 0 radical (unpaired) electrons. The van der Waals surface area contributed by atoms with Crippen molar-refractivity contribution >= 4 is 16.0 Å². The number of hydrogen-bond acceptors (Lipinski definition) is 5. The average Bonchev–Trinajstić information content (AvgIpc) is 3.05. The molecule has 0 aliphatic rings. The van der Waals surface area contributed by atoms with Gasteiger partial charge in [-0.15, -0.1) is 0 Å². The lowest BCUT2D eigenvalue weighted by atomic mass is 10.4. The number of hydrogen-bond donors (Lipinski definition) is 2. The number of carboxylic acids is 1. The maximum absolute atomic E-state index is 11.9. The number of aryl methyl sites for hydroxylation is 1. The van der Waals surface area contributed by atoms with Crippen molar-refractivity contribution in [3.8, 4) is 0 Å². The van der Waals surface area contributed by atoms with Crippen molar-refractivity contribution in [3.05, 3.63) is 36.2 Å². The Kier molecular flexibility index (Phi) is 3.91. The Hall–Kier alpha value is -2.13. The smallest absolute Gasteiger partial charge is 0.371 e. The molecule has 0 fully saturated rings. The van der Waals surface area contributed by atoms with E-state index >= 15 is 0 Å². The van der Waals surface area contributed by atoms with Gasteiger partial charge in [0.1, 0.15) is 5.76 Å². The van der Waals surface area contributed by atoms with Gasteiger partial charge in [0.25, 0.3) is 10.0 Å². The van der Waals surface area contributed by atoms with Gasteiger partial charge in [-0.2, -0.15) is 0 Å². The lowest BCUT2D eigenvalue weighted by molar-refractivity contribution is 0.0660. The molecule has 0 aliphatic carbocycles. The molecule has 2 aromatic rings. The van der Waals surface area contributed by atoms with Crippen LogP contribution in [0.5, 0.6) is 0 Å². The van der Waals surface area contributed by atoms with Gasteiger partial charge in [0, 0.05) is 12.7 Å². The first kappa shape index (κ1) is 14.3. The largest absolute Gasteiger partial charge is 0.475 e. The number of aromatic nitrogens is 2. The van der Waals surface area contributed by atoms with Gasteiger partial charge < -0.3 is 14.1 Å². The highest BCUT2D eigenvalue weighted by Crippen LogP contribution is 2.10. The summed E-state index contributed by atoms with van der Waals surface area (Å²) in [4.78, 5) is 14.4. The lowest BCUT2D eigenvalue weighted by Gasteiger charge is -2.01. The van der Waals surface area contributed by atoms with Crippen LogP contribution >= 0.6 is 0 Å². The summed E-state index contributed by atoms with van der Waals surface area (Å²) in [5, 5.41) is 8.60. The van der Waals surface area contributed by atoms with E-state index in [0.717, 1.165) is 0 Å². The van der Waals surface area contributed by atoms with Gasteiger partial charge in [-0.3, -0.25) is 0 Å². The maximum Gasteiger partial charge on any atom is 0.371 e. The predicted octanol–water partition coefficient (Wildman–Crippen LogP) is 0.673. The second-order valence-corrected chi connectivity index (χ2v) is 5.65. The molecule has 0 spiro atoms. The van der Waals surface area contributed by atoms with Crippen molar-refractivity contribution in [3.63, 3.8) is 0 Å². The van der Waals surface area contributed by atoms with E-state index in [0.29, 0.717) is 6.54 Å². The molecule has 0 atom stereocenters. The summed E-state index contributed by atoms with van der Waals surface area (Å²) in [7, 11) is -3.75. The fraction of sp³-hybridized carbons (Fsp3) is 0.273. The number of carboxylic acid groups (broad SMARTS) is 1. The normalized spacial score (nSPS) is 11.7. The molecule has 0 saturated carbocycles. The Bertz CT molecular complexity index is 716. The molecular formula is C11H13N3O5S. The number of rotatable bonds is 6. The van der Waals surface area contributed by atoms with Crippen LogP contribution in [0.4, 0.5) is 0 Å². The third-order valence-electron chi connectivity index (χ3n) is 2.56. The van der Waals surface area contributed by atoms with Crippen LogP contribution in [0.15, 0.2) is 34.1 Å². The topological polar surface area (TPSA) is 114 Å². The lowest BCUT2D eigenvalue weighted by Crippen LogP contribution is -2.23. The third-order valence-corrected chi connectivity index (χ3v) is 3.84. The van der Waals surface area contributed by atoms with Crippen LogP contribution in [0.25, 0.3) is 0 Å². The van der Waals surface area contributed by atoms with Crippen molar-refractivity contribution in [1.29, 1.82) is 0 Å². The van der Waals surface area contributed by atoms with E-state index in [2.05, 4.69) is 9.71 Å². The second-order valence-electron chi connectivity index (χ2n) is 3.94. The van der Waals surface area contributed by atoms with Crippen LogP contribution < -0.4 is 4.72 Å². The monoisotopic (exact) mass is 299 g/mol. The zero-order chi connectivity index (χ0) is 14.8. The second kappa shape index (κ2) is 5.47. The number of sulfonamides is 1. The molecule has 0 bridgehead atoms. The highest BCUT2D eigenvalue weighted by Gasteiger charge is 2.18. The summed E-state index contributed by atoms with van der Waals surface area (Å²) in [5.74, 6) is -1.24. The standard InChI is InChI=1S/C11H13N3O5S/c1-2-14-6-10(12-7-14)20(17,18)13-5-8-3-4-9(19-8)11(15)16/h3-4,6-7,13H,2,5H2,1H3,(H,15,16). The molecule has 0 aromatic carbocycles. The molecule has 20 heavy (non-hydrogen) atoms. The van der Waals surface area contributed by atoms with Crippen LogP contribution in [-0.2, 0) is 23.1 Å². The molecular weight excluding hydrogens is 286 g/mol. The molecule has 0 saturated heterocycles. The quantitative estimate of drug-likeness (QED) is 0.810. The Morgan fingerprint density at radius 3 is 2.80 bits per heavy atom. The summed E-state index contributed by atoms with van der Waals surface area (Å²) < 4.78 is 32.7. The summed E-state index contributed by atoms with van der Waals surface area (Å²) in [6.07, 6.45) is 2.83. The van der Waals surface area contributed by atoms with Crippen LogP contribution in [0, 0.1) is 0 Å². The Morgan fingerprint density at radius 2 is 2.25 bits per heavy atom. The average molecular weight is 299 g/mol. The fourth-order valence-corrected chi connectivity index (χ4v) is 2.42. The van der Waals surface area contributed by atoms with Gasteiger partial charge in [0.05, 0.1) is 12.9 Å². The minimum absolute atomic E-state index is 0.0932. The first-order chi connectivity index (χ1) is 9.42. The summed E-state index contributed by atoms with van der Waals surface area (Å²) >= 11 is 0. The van der Waals surface area contributed by atoms with Gasteiger partial charge >= 0.3 is 5.97 Å². The van der Waals surface area contributed by atoms with E-state index in [1.807, 2.05) is 6.92 Å². The van der Waals surface area contributed by atoms with E-state index in [1.54, 1.807) is 4.57 Å². The highest BCUT2D eigenvalue weighted by molar-refractivity contribution is 7.89. The maximum atomic E-state index is 11.9. The van der Waals surface area contributed by atoms with Crippen molar-refractivity contribution in [1.82, 2.24) is 14.3 Å². The Morgan fingerprint density at radius 1 is 1.50 bits per heavy atom. The van der Waals surface area contributed by atoms with E-state index in [4.69, 9.17) is 9.52 Å². The van der Waals surface area contributed by atoms with Gasteiger partial charge in [-0.05, 0) is 19.1 Å². The van der Waals surface area contributed by atoms with Crippen LogP contribution in [-0.4, -0.2) is 29.0 Å². The van der Waals surface area contributed by atoms with Gasteiger partial charge in [0.2, 0.25) is 5.76 Å². The molecule has 8 nitrogen and oxygen atoms in total. The number of imidazole rings is 1. The number of nitrogens with one attached hydrogen (secondary N) is 1. The Balaban J connectivity index is 2.06. The van der Waals surface area contributed by atoms with Crippen LogP contribution in [0.3, 0.4) is 0 Å². The number of nitrogens with zero attached hydrogens (tertiary/aromatic N) is 2. The fourth-order valence-electron chi connectivity index (χ4n) is 1.48. The summed E-state index contributed by atoms with van der Waals surface area (Å²) in [5.41, 5.74) is 0. The van der Waals surface area contributed by atoms with Gasteiger partial charge in [-0.25, -0.2) is 22.9 Å². The SMILES string of the molecule is CCn1cnc(S(=O)(=O)NCc2ccc(C(=O)O)o2)c1. The van der Waals surface area contributed by atoms with E-state index in [-0.39, 0.29) is 23.1 Å². The molecule has 0 unspecified atom stereocenters. The molecule has 0 amide bonds. The van der Waals surface area contributed by atoms with Crippen molar-refractivity contribution in [2.24, 2.45) is 0 Å². The van der Waals surface area contributed by atoms with E-state index in [9.17, 15) is 13.2 Å². The summed E-state index contributed by atoms with van der Waals surface area (Å²) in [6, 6.07) is 2.66. The van der Waals surface area contributed by atoms with Crippen molar-refractivity contribution in [2.45, 2.75) is 25.0 Å². The van der Waals surface area contributed by atoms with E-state index < -0.39 is 16.0 Å². The molecule has 108 valence electrons. The zero-order valence-electron chi connectivity index (χ0n) is 10.6. The molecule has 2 aromatic heterocycles. The molecule has 2 N–H and O–H groups in total. The third kappa shape index (κ3) is 3.06. The minimum Gasteiger partial charge on any atom is -0.475 e. The van der Waals surface area contributed by atoms with Crippen molar-refractivity contribution < 1.29 is 22.7 Å². The predicted molar refractivity (Wildman–Crippen MR) is 67.6 cm³/mol.